The number of carboxylic acids is 1. The van der Waals surface area contributed by atoms with Crippen LogP contribution in [0.15, 0.2) is 18.2 Å². The zero-order valence-electron chi connectivity index (χ0n) is 11.4. The second kappa shape index (κ2) is 6.58. The Bertz CT molecular complexity index is 471. The molecule has 1 fully saturated rings. The fourth-order valence-corrected chi connectivity index (χ4v) is 2.20. The lowest BCUT2D eigenvalue weighted by Gasteiger charge is -2.25. The first-order chi connectivity index (χ1) is 9.63. The summed E-state index contributed by atoms with van der Waals surface area (Å²) in [7, 11) is 1.48. The maximum Gasteiger partial charge on any atom is 0.325 e. The average molecular weight is 281 g/mol. The van der Waals surface area contributed by atoms with Gasteiger partial charge in [0.05, 0.1) is 20.3 Å². The molecule has 1 aromatic carbocycles. The van der Waals surface area contributed by atoms with E-state index in [0.717, 1.165) is 12.8 Å². The van der Waals surface area contributed by atoms with Gasteiger partial charge in [0.25, 0.3) is 0 Å². The number of hydrogen-bond acceptors (Lipinski definition) is 5. The molecule has 0 aliphatic carbocycles. The smallest absolute Gasteiger partial charge is 0.325 e. The van der Waals surface area contributed by atoms with Crippen molar-refractivity contribution >= 4 is 5.97 Å². The number of carbonyl (C=O) groups is 1. The molecule has 1 heterocycles. The monoisotopic (exact) mass is 281 g/mol. The number of hydrogen-bond donors (Lipinski definition) is 2. The molecule has 0 aromatic heterocycles. The summed E-state index contributed by atoms with van der Waals surface area (Å²) in [5.74, 6) is -0.200. The molecule has 0 bridgehead atoms. The topological polar surface area (TPSA) is 91.0 Å². The third-order valence-electron chi connectivity index (χ3n) is 3.28. The number of nitrogens with two attached hydrogens (primary N) is 1. The number of aliphatic carboxylic acids is 1. The maximum absolute atomic E-state index is 11.0. The molecule has 1 aliphatic heterocycles. The largest absolute Gasteiger partial charge is 0.492 e. The number of rotatable bonds is 5. The minimum absolute atomic E-state index is 0.0500. The van der Waals surface area contributed by atoms with Crippen molar-refractivity contribution in [1.82, 2.24) is 0 Å². The number of carboxylic acid groups (broad SMARTS) is 1. The van der Waals surface area contributed by atoms with E-state index in [-0.39, 0.29) is 6.10 Å². The minimum Gasteiger partial charge on any atom is -0.492 e. The van der Waals surface area contributed by atoms with Crippen LogP contribution in [0.4, 0.5) is 0 Å². The van der Waals surface area contributed by atoms with Crippen LogP contribution in [0.5, 0.6) is 11.5 Å². The van der Waals surface area contributed by atoms with Crippen LogP contribution in [0.3, 0.4) is 0 Å². The van der Waals surface area contributed by atoms with Crippen LogP contribution in [-0.2, 0) is 9.53 Å². The van der Waals surface area contributed by atoms with E-state index >= 15 is 0 Å². The quantitative estimate of drug-likeness (QED) is 0.846. The van der Waals surface area contributed by atoms with E-state index < -0.39 is 12.0 Å². The molecule has 2 rings (SSSR count). The fraction of sp³-hybridized carbons (Fsp3) is 0.500. The third kappa shape index (κ3) is 3.20. The van der Waals surface area contributed by atoms with Crippen molar-refractivity contribution in [1.29, 1.82) is 0 Å². The highest BCUT2D eigenvalue weighted by Gasteiger charge is 2.23. The summed E-state index contributed by atoms with van der Waals surface area (Å²) in [6.45, 7) is 1.34. The van der Waals surface area contributed by atoms with E-state index in [4.69, 9.17) is 25.1 Å². The van der Waals surface area contributed by atoms with Crippen molar-refractivity contribution in [2.75, 3.05) is 20.3 Å². The van der Waals surface area contributed by atoms with E-state index in [9.17, 15) is 4.79 Å². The van der Waals surface area contributed by atoms with Crippen molar-refractivity contribution < 1.29 is 24.1 Å². The molecule has 0 radical (unpaired) electrons. The molecule has 6 nitrogen and oxygen atoms in total. The van der Waals surface area contributed by atoms with E-state index in [0.29, 0.717) is 30.3 Å². The van der Waals surface area contributed by atoms with Crippen LogP contribution in [0.1, 0.15) is 24.4 Å². The van der Waals surface area contributed by atoms with Gasteiger partial charge in [0, 0.05) is 18.4 Å². The number of methoxy groups -OCH3 is 1. The molecule has 1 aliphatic rings. The van der Waals surface area contributed by atoms with Gasteiger partial charge < -0.3 is 25.1 Å². The Labute approximate surface area is 117 Å². The maximum atomic E-state index is 11.0. The highest BCUT2D eigenvalue weighted by Crippen LogP contribution is 2.35. The SMILES string of the molecule is COc1c(OC2CCOCC2)cccc1C(N)C(=O)O. The average Bonchev–Trinajstić information content (AvgIpc) is 2.47. The zero-order chi connectivity index (χ0) is 14.5. The van der Waals surface area contributed by atoms with Crippen LogP contribution >= 0.6 is 0 Å². The first-order valence-corrected chi connectivity index (χ1v) is 6.53. The summed E-state index contributed by atoms with van der Waals surface area (Å²) in [5.41, 5.74) is 6.07. The molecule has 0 amide bonds. The Morgan fingerprint density at radius 3 is 2.75 bits per heavy atom. The summed E-state index contributed by atoms with van der Waals surface area (Å²) in [6.07, 6.45) is 1.66. The minimum atomic E-state index is -1.14. The van der Waals surface area contributed by atoms with Crippen LogP contribution in [0.25, 0.3) is 0 Å². The summed E-state index contributed by atoms with van der Waals surface area (Å²) in [6, 6.07) is 3.97. The lowest BCUT2D eigenvalue weighted by Crippen LogP contribution is -2.26. The van der Waals surface area contributed by atoms with Crippen LogP contribution in [-0.4, -0.2) is 37.5 Å². The molecule has 0 saturated carbocycles. The highest BCUT2D eigenvalue weighted by molar-refractivity contribution is 5.77. The standard InChI is InChI=1S/C14H19NO5/c1-18-13-10(12(15)14(16)17)3-2-4-11(13)20-9-5-7-19-8-6-9/h2-4,9,12H,5-8,15H2,1H3,(H,16,17). The Hall–Kier alpha value is -1.79. The number of para-hydroxylation sites is 1. The van der Waals surface area contributed by atoms with E-state index in [1.807, 2.05) is 0 Å². The number of ether oxygens (including phenoxy) is 3. The molecular weight excluding hydrogens is 262 g/mol. The molecule has 0 spiro atoms. The van der Waals surface area contributed by atoms with Gasteiger partial charge in [0.1, 0.15) is 12.1 Å². The van der Waals surface area contributed by atoms with Crippen molar-refractivity contribution in [3.05, 3.63) is 23.8 Å². The summed E-state index contributed by atoms with van der Waals surface area (Å²) < 4.78 is 16.5. The summed E-state index contributed by atoms with van der Waals surface area (Å²) in [5, 5.41) is 9.03. The third-order valence-corrected chi connectivity index (χ3v) is 3.28. The molecular formula is C14H19NO5. The Morgan fingerprint density at radius 2 is 2.15 bits per heavy atom. The van der Waals surface area contributed by atoms with E-state index in [2.05, 4.69) is 0 Å². The fourth-order valence-electron chi connectivity index (χ4n) is 2.20. The zero-order valence-corrected chi connectivity index (χ0v) is 11.4. The Morgan fingerprint density at radius 1 is 1.45 bits per heavy atom. The predicted octanol–water partition coefficient (Wildman–Crippen LogP) is 1.34. The molecule has 6 heteroatoms. The van der Waals surface area contributed by atoms with Gasteiger partial charge in [-0.1, -0.05) is 12.1 Å². The van der Waals surface area contributed by atoms with Gasteiger partial charge >= 0.3 is 5.97 Å². The van der Waals surface area contributed by atoms with Crippen molar-refractivity contribution in [3.8, 4) is 11.5 Å². The number of benzene rings is 1. The normalized spacial score (nSPS) is 17.5. The van der Waals surface area contributed by atoms with Crippen LogP contribution < -0.4 is 15.2 Å². The molecule has 110 valence electrons. The van der Waals surface area contributed by atoms with Crippen molar-refractivity contribution in [2.24, 2.45) is 5.73 Å². The Kier molecular flexibility index (Phi) is 4.81. The van der Waals surface area contributed by atoms with Gasteiger partial charge in [-0.25, -0.2) is 0 Å². The summed E-state index contributed by atoms with van der Waals surface area (Å²) >= 11 is 0. The van der Waals surface area contributed by atoms with Gasteiger partial charge in [0.15, 0.2) is 11.5 Å². The molecule has 1 aromatic rings. The van der Waals surface area contributed by atoms with Gasteiger partial charge in [-0.15, -0.1) is 0 Å². The molecule has 20 heavy (non-hydrogen) atoms. The van der Waals surface area contributed by atoms with Crippen LogP contribution in [0, 0.1) is 0 Å². The van der Waals surface area contributed by atoms with Crippen molar-refractivity contribution in [2.45, 2.75) is 25.0 Å². The Balaban J connectivity index is 2.23. The second-order valence-electron chi connectivity index (χ2n) is 4.62. The summed E-state index contributed by atoms with van der Waals surface area (Å²) in [4.78, 5) is 11.0. The van der Waals surface area contributed by atoms with E-state index in [1.165, 1.54) is 7.11 Å². The van der Waals surface area contributed by atoms with Crippen LogP contribution in [0.2, 0.25) is 0 Å². The highest BCUT2D eigenvalue weighted by atomic mass is 16.5. The van der Waals surface area contributed by atoms with Crippen molar-refractivity contribution in [3.63, 3.8) is 0 Å². The lowest BCUT2D eigenvalue weighted by atomic mass is 10.1. The second-order valence-corrected chi connectivity index (χ2v) is 4.62. The molecule has 3 N–H and O–H groups in total. The molecule has 1 saturated heterocycles. The predicted molar refractivity (Wildman–Crippen MR) is 72.0 cm³/mol. The van der Waals surface area contributed by atoms with Gasteiger partial charge in [-0.05, 0) is 6.07 Å². The first-order valence-electron chi connectivity index (χ1n) is 6.53. The molecule has 1 unspecified atom stereocenters. The lowest BCUT2D eigenvalue weighted by molar-refractivity contribution is -0.138. The van der Waals surface area contributed by atoms with Gasteiger partial charge in [-0.3, -0.25) is 4.79 Å². The first kappa shape index (κ1) is 14.6. The van der Waals surface area contributed by atoms with Gasteiger partial charge in [0.2, 0.25) is 0 Å². The van der Waals surface area contributed by atoms with Gasteiger partial charge in [-0.2, -0.15) is 0 Å². The molecule has 1 atom stereocenters. The van der Waals surface area contributed by atoms with E-state index in [1.54, 1.807) is 18.2 Å².